The van der Waals surface area contributed by atoms with Crippen molar-refractivity contribution in [3.63, 3.8) is 0 Å². The van der Waals surface area contributed by atoms with Gasteiger partial charge in [0.15, 0.2) is 0 Å². The van der Waals surface area contributed by atoms with E-state index in [1.807, 2.05) is 6.07 Å². The normalized spacial score (nSPS) is 16.2. The number of anilines is 1. The van der Waals surface area contributed by atoms with Crippen LogP contribution < -0.4 is 10.1 Å². The summed E-state index contributed by atoms with van der Waals surface area (Å²) >= 11 is 3.46. The zero-order chi connectivity index (χ0) is 13.5. The Morgan fingerprint density at radius 1 is 1.05 bits per heavy atom. The Morgan fingerprint density at radius 3 is 2.47 bits per heavy atom. The fourth-order valence-corrected chi connectivity index (χ4v) is 2.49. The lowest BCUT2D eigenvalue weighted by atomic mass is 10.0. The summed E-state index contributed by atoms with van der Waals surface area (Å²) in [6.07, 6.45) is 0. The molecule has 98 valence electrons. The minimum absolute atomic E-state index is 0.147. The van der Waals surface area contributed by atoms with Crippen molar-refractivity contribution in [2.45, 2.75) is 19.4 Å². The Labute approximate surface area is 121 Å². The summed E-state index contributed by atoms with van der Waals surface area (Å²) in [6.45, 7) is 5.00. The van der Waals surface area contributed by atoms with Gasteiger partial charge in [-0.15, -0.1) is 0 Å². The molecule has 0 atom stereocenters. The molecule has 0 bridgehead atoms. The van der Waals surface area contributed by atoms with Gasteiger partial charge in [-0.1, -0.05) is 34.1 Å². The molecule has 0 aromatic heterocycles. The first-order valence-electron chi connectivity index (χ1n) is 6.36. The third-order valence-corrected chi connectivity index (χ3v) is 3.78. The first-order chi connectivity index (χ1) is 9.03. The van der Waals surface area contributed by atoms with Crippen molar-refractivity contribution in [1.29, 1.82) is 0 Å². The molecule has 1 aliphatic heterocycles. The number of nitrogens with one attached hydrogen (secondary N) is 1. The highest BCUT2D eigenvalue weighted by Crippen LogP contribution is 2.36. The topological polar surface area (TPSA) is 21.3 Å². The van der Waals surface area contributed by atoms with E-state index in [4.69, 9.17) is 4.74 Å². The average Bonchev–Trinajstić information content (AvgIpc) is 2.38. The van der Waals surface area contributed by atoms with Crippen LogP contribution in [0.1, 0.15) is 13.8 Å². The molecule has 0 unspecified atom stereocenters. The van der Waals surface area contributed by atoms with Gasteiger partial charge in [0, 0.05) is 4.47 Å². The predicted molar refractivity (Wildman–Crippen MR) is 82.8 cm³/mol. The van der Waals surface area contributed by atoms with Gasteiger partial charge in [-0.25, -0.2) is 0 Å². The average molecular weight is 318 g/mol. The van der Waals surface area contributed by atoms with E-state index in [1.165, 1.54) is 11.1 Å². The molecular weight excluding hydrogens is 302 g/mol. The molecule has 2 aromatic rings. The van der Waals surface area contributed by atoms with E-state index in [9.17, 15) is 0 Å². The van der Waals surface area contributed by atoms with Crippen LogP contribution in [-0.2, 0) is 0 Å². The van der Waals surface area contributed by atoms with Gasteiger partial charge in [0.2, 0.25) is 0 Å². The van der Waals surface area contributed by atoms with Crippen molar-refractivity contribution in [2.24, 2.45) is 0 Å². The summed E-state index contributed by atoms with van der Waals surface area (Å²) in [5.74, 6) is 0.928. The summed E-state index contributed by atoms with van der Waals surface area (Å²) in [5.41, 5.74) is 3.32. The zero-order valence-corrected chi connectivity index (χ0v) is 12.6. The number of fused-ring (bicyclic) bond motifs is 1. The largest absolute Gasteiger partial charge is 0.484 e. The van der Waals surface area contributed by atoms with Gasteiger partial charge in [-0.2, -0.15) is 0 Å². The smallest absolute Gasteiger partial charge is 0.143 e. The first kappa shape index (κ1) is 12.5. The Balaban J connectivity index is 1.96. The van der Waals surface area contributed by atoms with Crippen LogP contribution in [0.2, 0.25) is 0 Å². The molecule has 3 heteroatoms. The van der Waals surface area contributed by atoms with Crippen LogP contribution in [0.25, 0.3) is 11.1 Å². The second-order valence-electron chi connectivity index (χ2n) is 5.43. The number of ether oxygens (including phenoxy) is 1. The van der Waals surface area contributed by atoms with Crippen molar-refractivity contribution in [2.75, 3.05) is 11.9 Å². The third kappa shape index (κ3) is 2.61. The molecule has 3 rings (SSSR count). The molecule has 1 N–H and O–H groups in total. The van der Waals surface area contributed by atoms with Crippen molar-refractivity contribution in [3.05, 3.63) is 46.9 Å². The molecule has 0 saturated heterocycles. The van der Waals surface area contributed by atoms with E-state index in [-0.39, 0.29) is 5.60 Å². The van der Waals surface area contributed by atoms with Crippen molar-refractivity contribution < 1.29 is 4.74 Å². The minimum Gasteiger partial charge on any atom is -0.484 e. The van der Waals surface area contributed by atoms with Crippen molar-refractivity contribution in [3.8, 4) is 16.9 Å². The maximum atomic E-state index is 5.96. The van der Waals surface area contributed by atoms with Gasteiger partial charge in [-0.05, 0) is 49.2 Å². The first-order valence-corrected chi connectivity index (χ1v) is 7.16. The molecule has 19 heavy (non-hydrogen) atoms. The van der Waals surface area contributed by atoms with E-state index in [2.05, 4.69) is 71.5 Å². The van der Waals surface area contributed by atoms with Crippen LogP contribution >= 0.6 is 15.9 Å². The van der Waals surface area contributed by atoms with E-state index in [1.54, 1.807) is 0 Å². The summed E-state index contributed by atoms with van der Waals surface area (Å²) in [6, 6.07) is 14.6. The maximum Gasteiger partial charge on any atom is 0.143 e. The number of hydrogen-bond acceptors (Lipinski definition) is 2. The number of benzene rings is 2. The highest BCUT2D eigenvalue weighted by Gasteiger charge is 2.26. The summed E-state index contributed by atoms with van der Waals surface area (Å²) in [7, 11) is 0. The molecule has 0 aliphatic carbocycles. The molecule has 1 aliphatic rings. The third-order valence-electron chi connectivity index (χ3n) is 3.25. The van der Waals surface area contributed by atoms with Crippen molar-refractivity contribution >= 4 is 21.6 Å². The SMILES string of the molecule is CC1(C)CNc2cc(-c3ccc(Br)cc3)ccc2O1. The molecule has 2 nitrogen and oxygen atoms in total. The van der Waals surface area contributed by atoms with Gasteiger partial charge < -0.3 is 10.1 Å². The maximum absolute atomic E-state index is 5.96. The lowest BCUT2D eigenvalue weighted by Gasteiger charge is -2.33. The highest BCUT2D eigenvalue weighted by atomic mass is 79.9. The molecule has 0 fully saturated rings. The Kier molecular flexibility index (Phi) is 3.02. The number of hydrogen-bond donors (Lipinski definition) is 1. The molecule has 0 saturated carbocycles. The fourth-order valence-electron chi connectivity index (χ4n) is 2.22. The van der Waals surface area contributed by atoms with Crippen LogP contribution in [0.3, 0.4) is 0 Å². The molecule has 0 spiro atoms. The zero-order valence-electron chi connectivity index (χ0n) is 11.0. The molecule has 0 radical (unpaired) electrons. The minimum atomic E-state index is -0.147. The second kappa shape index (κ2) is 4.57. The van der Waals surface area contributed by atoms with Crippen LogP contribution in [0.5, 0.6) is 5.75 Å². The van der Waals surface area contributed by atoms with Crippen molar-refractivity contribution in [1.82, 2.24) is 0 Å². The summed E-state index contributed by atoms with van der Waals surface area (Å²) in [4.78, 5) is 0. The Morgan fingerprint density at radius 2 is 1.74 bits per heavy atom. The fraction of sp³-hybridized carbons (Fsp3) is 0.250. The molecule has 2 aromatic carbocycles. The van der Waals surface area contributed by atoms with Crippen LogP contribution in [-0.4, -0.2) is 12.1 Å². The molecular formula is C16H16BrNO. The number of rotatable bonds is 1. The van der Waals surface area contributed by atoms with Gasteiger partial charge in [-0.3, -0.25) is 0 Å². The van der Waals surface area contributed by atoms with Gasteiger partial charge in [0.05, 0.1) is 12.2 Å². The van der Waals surface area contributed by atoms with E-state index in [0.717, 1.165) is 22.5 Å². The van der Waals surface area contributed by atoms with Gasteiger partial charge in [0.25, 0.3) is 0 Å². The van der Waals surface area contributed by atoms with E-state index < -0.39 is 0 Å². The van der Waals surface area contributed by atoms with E-state index >= 15 is 0 Å². The highest BCUT2D eigenvalue weighted by molar-refractivity contribution is 9.10. The number of halogens is 1. The van der Waals surface area contributed by atoms with Crippen LogP contribution in [0, 0.1) is 0 Å². The lowest BCUT2D eigenvalue weighted by Crippen LogP contribution is -2.39. The Bertz CT molecular complexity index is 605. The van der Waals surface area contributed by atoms with Crippen LogP contribution in [0.15, 0.2) is 46.9 Å². The Hall–Kier alpha value is -1.48. The summed E-state index contributed by atoms with van der Waals surface area (Å²) < 4.78 is 7.05. The van der Waals surface area contributed by atoms with Gasteiger partial charge >= 0.3 is 0 Å². The van der Waals surface area contributed by atoms with E-state index in [0.29, 0.717) is 0 Å². The monoisotopic (exact) mass is 317 g/mol. The summed E-state index contributed by atoms with van der Waals surface area (Å²) in [5, 5.41) is 3.44. The quantitative estimate of drug-likeness (QED) is 0.823. The van der Waals surface area contributed by atoms with Gasteiger partial charge in [0.1, 0.15) is 11.4 Å². The standard InChI is InChI=1S/C16H16BrNO/c1-16(2)10-18-14-9-12(5-8-15(14)19-16)11-3-6-13(17)7-4-11/h3-9,18H,10H2,1-2H3. The second-order valence-corrected chi connectivity index (χ2v) is 6.35. The molecule has 1 heterocycles. The lowest BCUT2D eigenvalue weighted by molar-refractivity contribution is 0.116. The molecule has 0 amide bonds. The predicted octanol–water partition coefficient (Wildman–Crippen LogP) is 4.70. The van der Waals surface area contributed by atoms with Crippen LogP contribution in [0.4, 0.5) is 5.69 Å².